The molecule has 0 aliphatic carbocycles. The number of rotatable bonds is 3. The Kier molecular flexibility index (Phi) is 3.68. The minimum Gasteiger partial charge on any atom is -0.462 e. The van der Waals surface area contributed by atoms with Crippen molar-refractivity contribution in [2.45, 2.75) is 26.9 Å². The number of nitrogens with zero attached hydrogens (tertiary/aromatic N) is 3. The van der Waals surface area contributed by atoms with E-state index in [1.165, 1.54) is 11.1 Å². The molecule has 2 heterocycles. The zero-order valence-electron chi connectivity index (χ0n) is 14.9. The molecule has 0 saturated carbocycles. The number of pyridine rings is 1. The zero-order valence-corrected chi connectivity index (χ0v) is 14.9. The molecule has 0 unspecified atom stereocenters. The third-order valence-electron chi connectivity index (χ3n) is 4.46. The second kappa shape index (κ2) is 5.88. The predicted octanol–water partition coefficient (Wildman–Crippen LogP) is 4.88. The Balaban J connectivity index is 2.06. The molecular formula is C21H21N3O. The van der Waals surface area contributed by atoms with Crippen molar-refractivity contribution in [2.24, 2.45) is 7.05 Å². The molecule has 0 radical (unpaired) electrons. The molecular weight excluding hydrogens is 310 g/mol. The van der Waals surface area contributed by atoms with E-state index in [0.717, 1.165) is 27.5 Å². The van der Waals surface area contributed by atoms with Crippen molar-refractivity contribution in [3.8, 4) is 17.1 Å². The summed E-state index contributed by atoms with van der Waals surface area (Å²) in [5.74, 6) is 0. The fourth-order valence-corrected chi connectivity index (χ4v) is 3.38. The van der Waals surface area contributed by atoms with E-state index in [4.69, 9.17) is 4.74 Å². The van der Waals surface area contributed by atoms with Gasteiger partial charge < -0.3 is 4.74 Å². The lowest BCUT2D eigenvalue weighted by Gasteiger charge is -2.13. The number of benzene rings is 2. The van der Waals surface area contributed by atoms with Gasteiger partial charge in [-0.15, -0.1) is 0 Å². The minimum absolute atomic E-state index is 0.0856. The van der Waals surface area contributed by atoms with E-state index < -0.39 is 0 Å². The molecule has 4 aromatic rings. The Morgan fingerprint density at radius 2 is 1.84 bits per heavy atom. The second-order valence-corrected chi connectivity index (χ2v) is 6.62. The summed E-state index contributed by atoms with van der Waals surface area (Å²) in [7, 11) is 2.01. The highest BCUT2D eigenvalue weighted by molar-refractivity contribution is 6.04. The van der Waals surface area contributed by atoms with Crippen molar-refractivity contribution in [1.29, 1.82) is 0 Å². The van der Waals surface area contributed by atoms with Crippen LogP contribution in [0.3, 0.4) is 0 Å². The first-order valence-electron chi connectivity index (χ1n) is 8.53. The maximum atomic E-state index is 5.88. The fraction of sp³-hybridized carbons (Fsp3) is 0.238. The van der Waals surface area contributed by atoms with E-state index in [9.17, 15) is 0 Å². The highest BCUT2D eigenvalue weighted by atomic mass is 16.5. The van der Waals surface area contributed by atoms with Gasteiger partial charge in [0, 0.05) is 24.2 Å². The van der Waals surface area contributed by atoms with Gasteiger partial charge in [0.05, 0.1) is 22.7 Å². The lowest BCUT2D eigenvalue weighted by molar-refractivity contribution is 0.216. The van der Waals surface area contributed by atoms with E-state index in [1.54, 1.807) is 0 Å². The van der Waals surface area contributed by atoms with E-state index in [-0.39, 0.29) is 6.10 Å². The van der Waals surface area contributed by atoms with Gasteiger partial charge in [-0.1, -0.05) is 24.3 Å². The number of para-hydroxylation sites is 1. The number of hydrogen-bond acceptors (Lipinski definition) is 3. The minimum atomic E-state index is 0.0856. The first-order valence-corrected chi connectivity index (χ1v) is 8.53. The van der Waals surface area contributed by atoms with Crippen molar-refractivity contribution in [3.05, 3.63) is 54.2 Å². The summed E-state index contributed by atoms with van der Waals surface area (Å²) in [6.45, 7) is 6.17. The van der Waals surface area contributed by atoms with Gasteiger partial charge in [0.1, 0.15) is 0 Å². The molecule has 0 atom stereocenters. The largest absolute Gasteiger partial charge is 0.462 e. The molecule has 0 aliphatic heterocycles. The predicted molar refractivity (Wildman–Crippen MR) is 102 cm³/mol. The second-order valence-electron chi connectivity index (χ2n) is 6.62. The average Bonchev–Trinajstić information content (AvgIpc) is 2.90. The molecule has 0 saturated heterocycles. The van der Waals surface area contributed by atoms with Crippen molar-refractivity contribution in [2.75, 3.05) is 0 Å². The van der Waals surface area contributed by atoms with Crippen LogP contribution in [0.2, 0.25) is 0 Å². The van der Waals surface area contributed by atoms with Gasteiger partial charge in [0.2, 0.25) is 0 Å². The molecule has 126 valence electrons. The van der Waals surface area contributed by atoms with Crippen LogP contribution in [0, 0.1) is 6.92 Å². The standard InChI is InChI=1S/C21H21N3O/c1-13(2)25-21-23-18-9-5-7-16(20(18)24(21)4)19-14(3)10-11-17-15(19)8-6-12-22-17/h5-13H,1-4H3. The molecule has 4 rings (SSSR count). The van der Waals surface area contributed by atoms with E-state index in [0.29, 0.717) is 6.01 Å². The Morgan fingerprint density at radius 1 is 1.00 bits per heavy atom. The van der Waals surface area contributed by atoms with Crippen LogP contribution in [-0.2, 0) is 7.05 Å². The summed E-state index contributed by atoms with van der Waals surface area (Å²) in [6, 6.07) is 15.2. The summed E-state index contributed by atoms with van der Waals surface area (Å²) < 4.78 is 7.92. The Bertz CT molecular complexity index is 1080. The third-order valence-corrected chi connectivity index (χ3v) is 4.46. The first-order chi connectivity index (χ1) is 12.1. The normalized spacial score (nSPS) is 11.6. The maximum Gasteiger partial charge on any atom is 0.297 e. The van der Waals surface area contributed by atoms with E-state index in [1.807, 2.05) is 43.8 Å². The molecule has 2 aromatic carbocycles. The van der Waals surface area contributed by atoms with Crippen LogP contribution in [-0.4, -0.2) is 20.6 Å². The molecule has 0 amide bonds. The Morgan fingerprint density at radius 3 is 2.64 bits per heavy atom. The summed E-state index contributed by atoms with van der Waals surface area (Å²) in [6.07, 6.45) is 1.92. The van der Waals surface area contributed by atoms with Crippen LogP contribution in [0.25, 0.3) is 33.1 Å². The quantitative estimate of drug-likeness (QED) is 0.537. The highest BCUT2D eigenvalue weighted by Crippen LogP contribution is 2.36. The first kappa shape index (κ1) is 15.6. The maximum absolute atomic E-state index is 5.88. The van der Waals surface area contributed by atoms with Gasteiger partial charge in [0.15, 0.2) is 0 Å². The summed E-state index contributed by atoms with van der Waals surface area (Å²) in [5.41, 5.74) is 6.60. The van der Waals surface area contributed by atoms with Crippen molar-refractivity contribution in [1.82, 2.24) is 14.5 Å². The van der Waals surface area contributed by atoms with Crippen LogP contribution in [0.4, 0.5) is 0 Å². The van der Waals surface area contributed by atoms with Crippen LogP contribution < -0.4 is 4.74 Å². The monoisotopic (exact) mass is 331 g/mol. The van der Waals surface area contributed by atoms with Gasteiger partial charge in [0.25, 0.3) is 6.01 Å². The highest BCUT2D eigenvalue weighted by Gasteiger charge is 2.17. The summed E-state index contributed by atoms with van der Waals surface area (Å²) >= 11 is 0. The summed E-state index contributed by atoms with van der Waals surface area (Å²) in [4.78, 5) is 9.18. The van der Waals surface area contributed by atoms with E-state index >= 15 is 0 Å². The molecule has 0 aliphatic rings. The molecule has 4 nitrogen and oxygen atoms in total. The van der Waals surface area contributed by atoms with E-state index in [2.05, 4.69) is 47.2 Å². The summed E-state index contributed by atoms with van der Waals surface area (Å²) in [5, 5.41) is 1.16. The molecule has 2 aromatic heterocycles. The molecule has 0 bridgehead atoms. The molecule has 4 heteroatoms. The molecule has 25 heavy (non-hydrogen) atoms. The molecule has 0 spiro atoms. The SMILES string of the molecule is Cc1ccc2ncccc2c1-c1cccc2nc(OC(C)C)n(C)c12. The van der Waals surface area contributed by atoms with Gasteiger partial charge in [-0.3, -0.25) is 9.55 Å². The van der Waals surface area contributed by atoms with Gasteiger partial charge in [-0.25, -0.2) is 0 Å². The van der Waals surface area contributed by atoms with Crippen LogP contribution >= 0.6 is 0 Å². The number of aryl methyl sites for hydroxylation is 2. The van der Waals surface area contributed by atoms with Crippen LogP contribution in [0.5, 0.6) is 6.01 Å². The van der Waals surface area contributed by atoms with Gasteiger partial charge >= 0.3 is 0 Å². The third kappa shape index (κ3) is 2.54. The number of ether oxygens (including phenoxy) is 1. The lowest BCUT2D eigenvalue weighted by atomic mass is 9.95. The Hall–Kier alpha value is -2.88. The van der Waals surface area contributed by atoms with Crippen LogP contribution in [0.15, 0.2) is 48.7 Å². The van der Waals surface area contributed by atoms with Crippen LogP contribution in [0.1, 0.15) is 19.4 Å². The molecule has 0 fully saturated rings. The van der Waals surface area contributed by atoms with Gasteiger partial charge in [-0.2, -0.15) is 4.98 Å². The lowest BCUT2D eigenvalue weighted by Crippen LogP contribution is -2.09. The zero-order chi connectivity index (χ0) is 17.6. The number of aromatic nitrogens is 3. The molecule has 0 N–H and O–H groups in total. The smallest absolute Gasteiger partial charge is 0.297 e. The van der Waals surface area contributed by atoms with Crippen molar-refractivity contribution in [3.63, 3.8) is 0 Å². The number of imidazole rings is 1. The fourth-order valence-electron chi connectivity index (χ4n) is 3.38. The topological polar surface area (TPSA) is 39.9 Å². The van der Waals surface area contributed by atoms with Crippen molar-refractivity contribution < 1.29 is 4.74 Å². The number of hydrogen-bond donors (Lipinski definition) is 0. The van der Waals surface area contributed by atoms with Gasteiger partial charge in [-0.05, 0) is 50.1 Å². The number of fused-ring (bicyclic) bond motifs is 2. The van der Waals surface area contributed by atoms with Crippen molar-refractivity contribution >= 4 is 21.9 Å². The Labute approximate surface area is 147 Å². The average molecular weight is 331 g/mol.